The molecule has 0 aliphatic rings. The van der Waals surface area contributed by atoms with E-state index < -0.39 is 21.9 Å². The third-order valence-corrected chi connectivity index (χ3v) is 7.56. The molecule has 0 saturated heterocycles. The number of esters is 1. The molecule has 2 N–H and O–H groups in total. The Morgan fingerprint density at radius 3 is 2.46 bits per heavy atom. The quantitative estimate of drug-likeness (QED) is 0.304. The van der Waals surface area contributed by atoms with Gasteiger partial charge >= 0.3 is 5.97 Å². The van der Waals surface area contributed by atoms with Crippen LogP contribution >= 0.6 is 22.9 Å². The van der Waals surface area contributed by atoms with Gasteiger partial charge in [-0.2, -0.15) is 0 Å². The Kier molecular flexibility index (Phi) is 7.25. The molecule has 8 nitrogen and oxygen atoms in total. The topological polar surface area (TPSA) is 111 Å². The number of hydrogen-bond donors (Lipinski definition) is 2. The first-order valence-electron chi connectivity index (χ1n) is 10.2. The van der Waals surface area contributed by atoms with Gasteiger partial charge in [0.1, 0.15) is 10.6 Å². The number of hydrogen-bond acceptors (Lipinski definition) is 7. The molecule has 1 heterocycles. The third-order valence-electron chi connectivity index (χ3n) is 4.79. The molecule has 0 aliphatic carbocycles. The number of fused-ring (bicyclic) bond motifs is 1. The number of carbonyl (C=O) groups is 2. The molecule has 35 heavy (non-hydrogen) atoms. The van der Waals surface area contributed by atoms with Gasteiger partial charge in [-0.05, 0) is 60.0 Å². The number of amides is 1. The second-order valence-corrected chi connectivity index (χ2v) is 10.4. The predicted molar refractivity (Wildman–Crippen MR) is 136 cm³/mol. The van der Waals surface area contributed by atoms with E-state index in [0.717, 1.165) is 10.1 Å². The molecule has 1 aromatic heterocycles. The van der Waals surface area contributed by atoms with Gasteiger partial charge in [-0.15, -0.1) is 11.3 Å². The van der Waals surface area contributed by atoms with E-state index in [2.05, 4.69) is 10.0 Å². The Bertz CT molecular complexity index is 1500. The first kappa shape index (κ1) is 24.5. The molecule has 4 rings (SSSR count). The minimum Gasteiger partial charge on any atom is -0.482 e. The Balaban J connectivity index is 1.38. The number of benzene rings is 3. The first-order chi connectivity index (χ1) is 16.7. The van der Waals surface area contributed by atoms with Crippen molar-refractivity contribution in [3.05, 3.63) is 82.7 Å². The van der Waals surface area contributed by atoms with E-state index in [1.807, 2.05) is 0 Å². The number of anilines is 2. The van der Waals surface area contributed by atoms with Crippen molar-refractivity contribution in [2.24, 2.45) is 0 Å². The van der Waals surface area contributed by atoms with Crippen LogP contribution in [0.1, 0.15) is 9.67 Å². The maximum absolute atomic E-state index is 12.6. The summed E-state index contributed by atoms with van der Waals surface area (Å²) in [5.74, 6) is -0.695. The van der Waals surface area contributed by atoms with E-state index >= 15 is 0 Å². The summed E-state index contributed by atoms with van der Waals surface area (Å²) in [5, 5.41) is 3.55. The highest BCUT2D eigenvalue weighted by Gasteiger charge is 2.17. The molecule has 0 bridgehead atoms. The number of nitrogens with one attached hydrogen (secondary N) is 2. The highest BCUT2D eigenvalue weighted by atomic mass is 35.5. The SMILES string of the molecule is COC(=O)c1cc2cc(NC(=O)COc3ccc(S(=O)(=O)Nc4ccccc4)cc3Cl)ccc2s1. The van der Waals surface area contributed by atoms with Crippen LogP contribution in [-0.4, -0.2) is 34.0 Å². The number of ether oxygens (including phenoxy) is 2. The average molecular weight is 531 g/mol. The van der Waals surface area contributed by atoms with Crippen molar-refractivity contribution in [2.75, 3.05) is 23.8 Å². The third kappa shape index (κ3) is 5.91. The lowest BCUT2D eigenvalue weighted by Gasteiger charge is -2.11. The number of carbonyl (C=O) groups excluding carboxylic acids is 2. The summed E-state index contributed by atoms with van der Waals surface area (Å²) in [7, 11) is -2.53. The second kappa shape index (κ2) is 10.3. The Hall–Kier alpha value is -3.60. The highest BCUT2D eigenvalue weighted by Crippen LogP contribution is 2.30. The molecule has 0 saturated carbocycles. The van der Waals surface area contributed by atoms with E-state index in [4.69, 9.17) is 21.1 Å². The van der Waals surface area contributed by atoms with E-state index in [1.165, 1.54) is 36.6 Å². The van der Waals surface area contributed by atoms with Gasteiger partial charge in [0.25, 0.3) is 15.9 Å². The van der Waals surface area contributed by atoms with Crippen LogP contribution in [-0.2, 0) is 19.6 Å². The maximum atomic E-state index is 12.6. The molecular formula is C24H19ClN2O6S2. The predicted octanol–water partition coefficient (Wildman–Crippen LogP) is 5.16. The van der Waals surface area contributed by atoms with Crippen molar-refractivity contribution in [1.29, 1.82) is 0 Å². The van der Waals surface area contributed by atoms with Gasteiger partial charge in [0.2, 0.25) is 0 Å². The average Bonchev–Trinajstić information content (AvgIpc) is 3.26. The zero-order valence-corrected chi connectivity index (χ0v) is 20.7. The zero-order chi connectivity index (χ0) is 25.0. The van der Waals surface area contributed by atoms with Gasteiger partial charge in [-0.1, -0.05) is 29.8 Å². The summed E-state index contributed by atoms with van der Waals surface area (Å²) in [6.45, 7) is -0.344. The molecule has 0 fully saturated rings. The molecule has 0 radical (unpaired) electrons. The van der Waals surface area contributed by atoms with Gasteiger partial charge in [-0.3, -0.25) is 9.52 Å². The molecule has 0 spiro atoms. The van der Waals surface area contributed by atoms with Crippen molar-refractivity contribution in [2.45, 2.75) is 4.90 Å². The van der Waals surface area contributed by atoms with Crippen LogP contribution < -0.4 is 14.8 Å². The van der Waals surface area contributed by atoms with Crippen LogP contribution in [0.2, 0.25) is 5.02 Å². The molecule has 11 heteroatoms. The fraction of sp³-hybridized carbons (Fsp3) is 0.0833. The van der Waals surface area contributed by atoms with E-state index in [1.54, 1.807) is 54.6 Å². The van der Waals surface area contributed by atoms with E-state index in [0.29, 0.717) is 16.3 Å². The Morgan fingerprint density at radius 1 is 0.971 bits per heavy atom. The lowest BCUT2D eigenvalue weighted by atomic mass is 10.2. The fourth-order valence-corrected chi connectivity index (χ4v) is 5.49. The summed E-state index contributed by atoms with van der Waals surface area (Å²) in [6.07, 6.45) is 0. The van der Waals surface area contributed by atoms with Crippen LogP contribution in [0.5, 0.6) is 5.75 Å². The normalized spacial score (nSPS) is 11.1. The standard InChI is InChI=1S/C24H19ClN2O6S2/c1-32-24(29)22-12-15-11-17(7-10-21(15)34-22)26-23(28)14-33-20-9-8-18(13-19(20)25)35(30,31)27-16-5-3-2-4-6-16/h2-13,27H,14H2,1H3,(H,26,28). The summed E-state index contributed by atoms with van der Waals surface area (Å²) in [4.78, 5) is 24.5. The van der Waals surface area contributed by atoms with Gasteiger partial charge in [0, 0.05) is 16.1 Å². The minimum absolute atomic E-state index is 0.0430. The van der Waals surface area contributed by atoms with Crippen molar-refractivity contribution in [1.82, 2.24) is 0 Å². The van der Waals surface area contributed by atoms with Crippen LogP contribution in [0.4, 0.5) is 11.4 Å². The summed E-state index contributed by atoms with van der Waals surface area (Å²) in [5.41, 5.74) is 0.947. The van der Waals surface area contributed by atoms with Crippen molar-refractivity contribution in [3.63, 3.8) is 0 Å². The minimum atomic E-state index is -3.85. The number of sulfonamides is 1. The first-order valence-corrected chi connectivity index (χ1v) is 12.8. The van der Waals surface area contributed by atoms with Crippen molar-refractivity contribution < 1.29 is 27.5 Å². The van der Waals surface area contributed by atoms with Crippen molar-refractivity contribution >= 4 is 66.3 Å². The summed E-state index contributed by atoms with van der Waals surface area (Å²) < 4.78 is 38.7. The van der Waals surface area contributed by atoms with Crippen LogP contribution in [0, 0.1) is 0 Å². The molecule has 180 valence electrons. The van der Waals surface area contributed by atoms with Gasteiger partial charge in [-0.25, -0.2) is 13.2 Å². The lowest BCUT2D eigenvalue weighted by Crippen LogP contribution is -2.20. The fourth-order valence-electron chi connectivity index (χ4n) is 3.15. The Labute approximate surface area is 210 Å². The zero-order valence-electron chi connectivity index (χ0n) is 18.3. The molecule has 0 aliphatic heterocycles. The van der Waals surface area contributed by atoms with E-state index in [-0.39, 0.29) is 22.3 Å². The van der Waals surface area contributed by atoms with Gasteiger partial charge in [0.15, 0.2) is 6.61 Å². The molecule has 1 amide bonds. The summed E-state index contributed by atoms with van der Waals surface area (Å²) in [6, 6.07) is 19.4. The number of thiophene rings is 1. The number of para-hydroxylation sites is 1. The largest absolute Gasteiger partial charge is 0.482 e. The lowest BCUT2D eigenvalue weighted by molar-refractivity contribution is -0.118. The van der Waals surface area contributed by atoms with Gasteiger partial charge in [0.05, 0.1) is 17.0 Å². The maximum Gasteiger partial charge on any atom is 0.348 e. The van der Waals surface area contributed by atoms with Crippen LogP contribution in [0.3, 0.4) is 0 Å². The monoisotopic (exact) mass is 530 g/mol. The molecule has 0 atom stereocenters. The van der Waals surface area contributed by atoms with E-state index in [9.17, 15) is 18.0 Å². The summed E-state index contributed by atoms with van der Waals surface area (Å²) >= 11 is 7.50. The Morgan fingerprint density at radius 2 is 1.74 bits per heavy atom. The van der Waals surface area contributed by atoms with Crippen LogP contribution in [0.25, 0.3) is 10.1 Å². The number of methoxy groups -OCH3 is 1. The number of halogens is 1. The second-order valence-electron chi connectivity index (χ2n) is 7.26. The van der Waals surface area contributed by atoms with Gasteiger partial charge < -0.3 is 14.8 Å². The number of rotatable bonds is 8. The molecule has 0 unspecified atom stereocenters. The molecular weight excluding hydrogens is 512 g/mol. The molecule has 4 aromatic rings. The highest BCUT2D eigenvalue weighted by molar-refractivity contribution is 7.92. The smallest absolute Gasteiger partial charge is 0.348 e. The van der Waals surface area contributed by atoms with Crippen molar-refractivity contribution in [3.8, 4) is 5.75 Å². The molecule has 3 aromatic carbocycles. The van der Waals surface area contributed by atoms with Crippen LogP contribution in [0.15, 0.2) is 77.7 Å².